The van der Waals surface area contributed by atoms with E-state index in [2.05, 4.69) is 13.8 Å². The van der Waals surface area contributed by atoms with Crippen molar-refractivity contribution in [2.45, 2.75) is 450 Å². The fraction of sp³-hybridized carbons (Fsp3) is 0.972. The van der Waals surface area contributed by atoms with Gasteiger partial charge in [-0.1, -0.05) is 399 Å². The van der Waals surface area contributed by atoms with Gasteiger partial charge in [0.1, 0.15) is 11.6 Å². The van der Waals surface area contributed by atoms with Crippen molar-refractivity contribution >= 4 is 11.6 Å². The van der Waals surface area contributed by atoms with Gasteiger partial charge in [-0.3, -0.25) is 9.59 Å². The Morgan fingerprint density at radius 2 is 0.216 bits per heavy atom. The molecule has 0 aliphatic heterocycles. The highest BCUT2D eigenvalue weighted by Gasteiger charge is 2.05. The topological polar surface area (TPSA) is 34.1 Å². The molecule has 0 aromatic carbocycles. The molecule has 0 aromatic heterocycles. The summed E-state index contributed by atoms with van der Waals surface area (Å²) in [7, 11) is 0. The highest BCUT2D eigenvalue weighted by atomic mass is 16.1. The first kappa shape index (κ1) is 73.3. The molecule has 0 aliphatic carbocycles. The van der Waals surface area contributed by atoms with Crippen LogP contribution in [0, 0.1) is 0 Å². The summed E-state index contributed by atoms with van der Waals surface area (Å²) in [6.45, 7) is 4.60. The molecule has 2 heteroatoms. The van der Waals surface area contributed by atoms with Gasteiger partial charge in [0, 0.05) is 25.7 Å². The third-order valence-corrected chi connectivity index (χ3v) is 17.3. The number of Topliss-reactive ketones (excluding diaryl/α,β-unsaturated/α-hetero) is 2. The Labute approximate surface area is 469 Å². The first-order chi connectivity index (χ1) is 36.7. The highest BCUT2D eigenvalue weighted by molar-refractivity contribution is 5.78. The van der Waals surface area contributed by atoms with Crippen molar-refractivity contribution in [2.24, 2.45) is 0 Å². The number of carbonyl (C=O) groups is 2. The minimum atomic E-state index is 0.531. The Balaban J connectivity index is 3.16. The molecule has 0 aliphatic rings. The standard InChI is InChI=1S/C72H142O2/c1-3-5-7-9-11-13-15-17-39-43-47-51-55-59-63-67-71(73)69-65-61-57-53-49-45-41-37-35-33-31-29-27-25-23-21-19-20-22-24-26-28-30-32-34-36-38-42-46-50-54-58-62-66-70-72(74)68-64-60-56-52-48-44-40-18-16-14-12-10-8-6-4-2/h3-70H2,1-2H3. The van der Waals surface area contributed by atoms with Gasteiger partial charge >= 0.3 is 0 Å². The highest BCUT2D eigenvalue weighted by Crippen LogP contribution is 2.20. The van der Waals surface area contributed by atoms with E-state index in [0.717, 1.165) is 51.4 Å². The van der Waals surface area contributed by atoms with Crippen LogP contribution < -0.4 is 0 Å². The van der Waals surface area contributed by atoms with Gasteiger partial charge in [-0.05, 0) is 25.7 Å². The van der Waals surface area contributed by atoms with E-state index in [4.69, 9.17) is 0 Å². The second-order valence-corrected chi connectivity index (χ2v) is 25.0. The zero-order valence-corrected chi connectivity index (χ0v) is 51.9. The molecule has 0 aromatic rings. The van der Waals surface area contributed by atoms with Gasteiger partial charge in [0.2, 0.25) is 0 Å². The van der Waals surface area contributed by atoms with Crippen molar-refractivity contribution < 1.29 is 9.59 Å². The van der Waals surface area contributed by atoms with Crippen LogP contribution in [0.2, 0.25) is 0 Å². The second-order valence-electron chi connectivity index (χ2n) is 25.0. The predicted molar refractivity (Wildman–Crippen MR) is 335 cm³/mol. The minimum Gasteiger partial charge on any atom is -0.300 e. The number of unbranched alkanes of at least 4 members (excludes halogenated alkanes) is 61. The van der Waals surface area contributed by atoms with E-state index in [-0.39, 0.29) is 0 Å². The molecule has 0 fully saturated rings. The van der Waals surface area contributed by atoms with E-state index >= 15 is 0 Å². The second kappa shape index (κ2) is 68.4. The van der Waals surface area contributed by atoms with Gasteiger partial charge in [0.15, 0.2) is 0 Å². The molecule has 74 heavy (non-hydrogen) atoms. The van der Waals surface area contributed by atoms with Crippen LogP contribution in [0.5, 0.6) is 0 Å². The molecule has 0 saturated heterocycles. The van der Waals surface area contributed by atoms with E-state index in [1.807, 2.05) is 0 Å². The van der Waals surface area contributed by atoms with E-state index in [0.29, 0.717) is 11.6 Å². The first-order valence-corrected chi connectivity index (χ1v) is 35.7. The third-order valence-electron chi connectivity index (χ3n) is 17.3. The average Bonchev–Trinajstić information content (AvgIpc) is 3.40. The lowest BCUT2D eigenvalue weighted by atomic mass is 10.0. The number of carbonyl (C=O) groups excluding carboxylic acids is 2. The van der Waals surface area contributed by atoms with Crippen LogP contribution in [0.25, 0.3) is 0 Å². The molecule has 0 N–H and O–H groups in total. The fourth-order valence-corrected chi connectivity index (χ4v) is 11.9. The lowest BCUT2D eigenvalue weighted by molar-refractivity contribution is -0.120. The molecule has 0 bridgehead atoms. The molecular formula is C72H142O2. The van der Waals surface area contributed by atoms with Crippen molar-refractivity contribution in [2.75, 3.05) is 0 Å². The molecule has 0 rings (SSSR count). The quantitative estimate of drug-likeness (QED) is 0.0569. The molecule has 0 atom stereocenters. The molecule has 0 heterocycles. The van der Waals surface area contributed by atoms with Crippen molar-refractivity contribution in [3.63, 3.8) is 0 Å². The number of hydrogen-bond acceptors (Lipinski definition) is 2. The molecule has 442 valence electrons. The van der Waals surface area contributed by atoms with Crippen LogP contribution >= 0.6 is 0 Å². The summed E-state index contributed by atoms with van der Waals surface area (Å²) in [6, 6.07) is 0. The lowest BCUT2D eigenvalue weighted by Crippen LogP contribution is -1.97. The monoisotopic (exact) mass is 1040 g/mol. The molecule has 0 spiro atoms. The van der Waals surface area contributed by atoms with Gasteiger partial charge in [0.25, 0.3) is 0 Å². The van der Waals surface area contributed by atoms with E-state index < -0.39 is 0 Å². The summed E-state index contributed by atoms with van der Waals surface area (Å²) in [6.07, 6.45) is 93.1. The number of ketones is 2. The van der Waals surface area contributed by atoms with Gasteiger partial charge < -0.3 is 0 Å². The maximum Gasteiger partial charge on any atom is 0.132 e. The van der Waals surface area contributed by atoms with Crippen LogP contribution in [0.3, 0.4) is 0 Å². The number of rotatable bonds is 69. The zero-order valence-electron chi connectivity index (χ0n) is 51.9. The minimum absolute atomic E-state index is 0.531. The molecule has 0 radical (unpaired) electrons. The molecule has 0 amide bonds. The summed E-state index contributed by atoms with van der Waals surface area (Å²) in [5.41, 5.74) is 0. The normalized spacial score (nSPS) is 11.6. The predicted octanol–water partition coefficient (Wildman–Crippen LogP) is 26.7. The molecule has 0 unspecified atom stereocenters. The Kier molecular flexibility index (Phi) is 67.8. The van der Waals surface area contributed by atoms with Gasteiger partial charge in [-0.15, -0.1) is 0 Å². The lowest BCUT2D eigenvalue weighted by Gasteiger charge is -2.05. The Morgan fingerprint density at radius 1 is 0.135 bits per heavy atom. The van der Waals surface area contributed by atoms with E-state index in [9.17, 15) is 9.59 Å². The van der Waals surface area contributed by atoms with Crippen LogP contribution in [-0.4, -0.2) is 11.6 Å². The fourth-order valence-electron chi connectivity index (χ4n) is 11.9. The molecule has 0 saturated carbocycles. The van der Waals surface area contributed by atoms with Crippen LogP contribution in [0.4, 0.5) is 0 Å². The number of hydrogen-bond donors (Lipinski definition) is 0. The van der Waals surface area contributed by atoms with Crippen molar-refractivity contribution in [1.82, 2.24) is 0 Å². The SMILES string of the molecule is CCCCCCCCCCCCCCCCCC(=O)CCCCCCCCCCCCCCCCCCCCCCCCCCCCCCCCCCCCC(=O)CCCCCCCCCCCCCCCCC. The average molecular weight is 1040 g/mol. The Bertz CT molecular complexity index is 937. The third kappa shape index (κ3) is 67.4. The van der Waals surface area contributed by atoms with Crippen LogP contribution in [-0.2, 0) is 9.59 Å². The zero-order chi connectivity index (χ0) is 53.2. The van der Waals surface area contributed by atoms with Crippen molar-refractivity contribution in [3.8, 4) is 0 Å². The molecular weight excluding hydrogens is 897 g/mol. The van der Waals surface area contributed by atoms with Crippen LogP contribution in [0.1, 0.15) is 450 Å². The Hall–Kier alpha value is -0.660. The summed E-state index contributed by atoms with van der Waals surface area (Å²) in [4.78, 5) is 24.6. The van der Waals surface area contributed by atoms with Gasteiger partial charge in [-0.25, -0.2) is 0 Å². The maximum absolute atomic E-state index is 12.3. The maximum atomic E-state index is 12.3. The van der Waals surface area contributed by atoms with Gasteiger partial charge in [0.05, 0.1) is 0 Å². The summed E-state index contributed by atoms with van der Waals surface area (Å²) < 4.78 is 0. The van der Waals surface area contributed by atoms with E-state index in [1.165, 1.54) is 385 Å². The van der Waals surface area contributed by atoms with Crippen molar-refractivity contribution in [3.05, 3.63) is 0 Å². The Morgan fingerprint density at radius 3 is 0.311 bits per heavy atom. The van der Waals surface area contributed by atoms with Gasteiger partial charge in [-0.2, -0.15) is 0 Å². The summed E-state index contributed by atoms with van der Waals surface area (Å²) in [5.74, 6) is 1.06. The largest absolute Gasteiger partial charge is 0.300 e. The van der Waals surface area contributed by atoms with Crippen LogP contribution in [0.15, 0.2) is 0 Å². The summed E-state index contributed by atoms with van der Waals surface area (Å²) in [5, 5.41) is 0. The first-order valence-electron chi connectivity index (χ1n) is 35.7. The smallest absolute Gasteiger partial charge is 0.132 e. The summed E-state index contributed by atoms with van der Waals surface area (Å²) >= 11 is 0. The molecule has 2 nitrogen and oxygen atoms in total. The van der Waals surface area contributed by atoms with E-state index in [1.54, 1.807) is 0 Å². The van der Waals surface area contributed by atoms with Crippen molar-refractivity contribution in [1.29, 1.82) is 0 Å².